The summed E-state index contributed by atoms with van der Waals surface area (Å²) < 4.78 is 0. The van der Waals surface area contributed by atoms with E-state index in [-0.39, 0.29) is 18.3 Å². The summed E-state index contributed by atoms with van der Waals surface area (Å²) in [5, 5.41) is 6.90. The maximum Gasteiger partial charge on any atom is 0.256 e. The summed E-state index contributed by atoms with van der Waals surface area (Å²) in [6, 6.07) is 8.47. The fourth-order valence-electron chi connectivity index (χ4n) is 2.44. The van der Waals surface area contributed by atoms with E-state index in [1.54, 1.807) is 30.5 Å². The molecule has 2 N–H and O–H groups in total. The lowest BCUT2D eigenvalue weighted by Crippen LogP contribution is -2.43. The number of hydrogen-bond acceptors (Lipinski definition) is 4. The van der Waals surface area contributed by atoms with Crippen LogP contribution < -0.4 is 15.5 Å². The normalized spacial score (nSPS) is 14.0. The van der Waals surface area contributed by atoms with Crippen molar-refractivity contribution < 1.29 is 4.79 Å². The lowest BCUT2D eigenvalue weighted by atomic mass is 10.2. The summed E-state index contributed by atoms with van der Waals surface area (Å²) in [5.41, 5.74) is 1.45. The van der Waals surface area contributed by atoms with Crippen LogP contribution in [0.25, 0.3) is 0 Å². The van der Waals surface area contributed by atoms with Gasteiger partial charge in [0.2, 0.25) is 0 Å². The Labute approximate surface area is 156 Å². The zero-order chi connectivity index (χ0) is 16.2. The highest BCUT2D eigenvalue weighted by Crippen LogP contribution is 2.20. The molecule has 2 aromatic rings. The van der Waals surface area contributed by atoms with Crippen molar-refractivity contribution in [1.29, 1.82) is 0 Å². The molecule has 1 amide bonds. The van der Waals surface area contributed by atoms with Crippen molar-refractivity contribution in [3.63, 3.8) is 0 Å². The van der Waals surface area contributed by atoms with Crippen LogP contribution in [-0.2, 0) is 0 Å². The van der Waals surface area contributed by atoms with E-state index in [0.717, 1.165) is 31.9 Å². The fraction of sp³-hybridized carbons (Fsp3) is 0.250. The topological polar surface area (TPSA) is 57.3 Å². The van der Waals surface area contributed by atoms with Crippen molar-refractivity contribution in [2.75, 3.05) is 36.4 Å². The van der Waals surface area contributed by atoms with Crippen LogP contribution in [0.1, 0.15) is 10.4 Å². The zero-order valence-corrected chi connectivity index (χ0v) is 15.1. The molecule has 24 heavy (non-hydrogen) atoms. The minimum absolute atomic E-state index is 0. The van der Waals surface area contributed by atoms with Crippen LogP contribution in [0.15, 0.2) is 36.5 Å². The molecule has 8 heteroatoms. The number of piperazine rings is 1. The van der Waals surface area contributed by atoms with Crippen LogP contribution in [0.4, 0.5) is 11.5 Å². The lowest BCUT2D eigenvalue weighted by molar-refractivity contribution is 0.102. The molecule has 1 aliphatic rings. The van der Waals surface area contributed by atoms with Crippen LogP contribution in [0.5, 0.6) is 0 Å². The number of nitrogens with one attached hydrogen (secondary N) is 2. The molecule has 0 saturated carbocycles. The number of carbonyl (C=O) groups excluding carboxylic acids is 1. The first kappa shape index (κ1) is 18.8. The summed E-state index contributed by atoms with van der Waals surface area (Å²) in [6.45, 7) is 3.84. The molecule has 3 rings (SSSR count). The van der Waals surface area contributed by atoms with Crippen LogP contribution in [0, 0.1) is 0 Å². The Hall–Kier alpha value is -1.53. The average Bonchev–Trinajstić information content (AvgIpc) is 2.55. The Bertz CT molecular complexity index is 683. The summed E-state index contributed by atoms with van der Waals surface area (Å²) in [6.07, 6.45) is 1.77. The molecule has 0 unspecified atom stereocenters. The molecule has 1 saturated heterocycles. The summed E-state index contributed by atoms with van der Waals surface area (Å²) in [5.74, 6) is 0.196. The van der Waals surface area contributed by atoms with Crippen molar-refractivity contribution in [3.05, 3.63) is 52.1 Å². The van der Waals surface area contributed by atoms with Gasteiger partial charge < -0.3 is 15.5 Å². The molecular formula is C16H17Cl3N4O. The number of halogens is 3. The smallest absolute Gasteiger partial charge is 0.256 e. The molecule has 1 aromatic carbocycles. The molecule has 0 atom stereocenters. The van der Waals surface area contributed by atoms with Crippen molar-refractivity contribution in [2.24, 2.45) is 0 Å². The SMILES string of the molecule is Cl.O=C(Nc1ccc(N2CCNCC2)cn1)c1cc(Cl)cc(Cl)c1. The van der Waals surface area contributed by atoms with Gasteiger partial charge >= 0.3 is 0 Å². The highest BCUT2D eigenvalue weighted by atomic mass is 35.5. The first-order valence-corrected chi connectivity index (χ1v) is 8.06. The third-order valence-corrected chi connectivity index (χ3v) is 4.03. The number of aromatic nitrogens is 1. The van der Waals surface area contributed by atoms with Gasteiger partial charge in [-0.2, -0.15) is 0 Å². The number of nitrogens with zero attached hydrogens (tertiary/aromatic N) is 2. The largest absolute Gasteiger partial charge is 0.368 e. The molecule has 0 spiro atoms. The Kier molecular flexibility index (Phi) is 6.69. The predicted molar refractivity (Wildman–Crippen MR) is 101 cm³/mol. The molecular weight excluding hydrogens is 371 g/mol. The van der Waals surface area contributed by atoms with Gasteiger partial charge in [-0.25, -0.2) is 4.98 Å². The number of benzene rings is 1. The van der Waals surface area contributed by atoms with E-state index in [1.807, 2.05) is 6.07 Å². The molecule has 1 aliphatic heterocycles. The van der Waals surface area contributed by atoms with Gasteiger partial charge in [0.1, 0.15) is 5.82 Å². The minimum Gasteiger partial charge on any atom is -0.368 e. The van der Waals surface area contributed by atoms with Gasteiger partial charge in [0.05, 0.1) is 11.9 Å². The second kappa shape index (κ2) is 8.53. The van der Waals surface area contributed by atoms with Gasteiger partial charge in [-0.05, 0) is 30.3 Å². The molecule has 128 valence electrons. The Morgan fingerprint density at radius 2 is 1.79 bits per heavy atom. The van der Waals surface area contributed by atoms with Gasteiger partial charge in [0, 0.05) is 41.8 Å². The van der Waals surface area contributed by atoms with Gasteiger partial charge in [-0.3, -0.25) is 4.79 Å². The van der Waals surface area contributed by atoms with Gasteiger partial charge in [0.25, 0.3) is 5.91 Å². The Morgan fingerprint density at radius 3 is 2.38 bits per heavy atom. The molecule has 0 radical (unpaired) electrons. The summed E-state index contributed by atoms with van der Waals surface area (Å²) in [7, 11) is 0. The minimum atomic E-state index is -0.295. The van der Waals surface area contributed by atoms with Gasteiger partial charge in [0.15, 0.2) is 0 Å². The first-order valence-electron chi connectivity index (χ1n) is 7.31. The second-order valence-electron chi connectivity index (χ2n) is 5.25. The molecule has 0 bridgehead atoms. The molecule has 1 fully saturated rings. The van der Waals surface area contributed by atoms with Crippen LogP contribution in [0.2, 0.25) is 10.0 Å². The summed E-state index contributed by atoms with van der Waals surface area (Å²) >= 11 is 11.8. The Morgan fingerprint density at radius 1 is 1.12 bits per heavy atom. The van der Waals surface area contributed by atoms with Crippen molar-refractivity contribution in [2.45, 2.75) is 0 Å². The second-order valence-corrected chi connectivity index (χ2v) is 6.12. The van der Waals surface area contributed by atoms with Gasteiger partial charge in [-0.15, -0.1) is 12.4 Å². The van der Waals surface area contributed by atoms with Crippen molar-refractivity contribution >= 4 is 53.0 Å². The van der Waals surface area contributed by atoms with E-state index in [4.69, 9.17) is 23.2 Å². The predicted octanol–water partition coefficient (Wildman–Crippen LogP) is 3.47. The third kappa shape index (κ3) is 4.74. The highest BCUT2D eigenvalue weighted by Gasteiger charge is 2.12. The lowest BCUT2D eigenvalue weighted by Gasteiger charge is -2.29. The van der Waals surface area contributed by atoms with Crippen LogP contribution in [-0.4, -0.2) is 37.1 Å². The average molecular weight is 388 g/mol. The zero-order valence-electron chi connectivity index (χ0n) is 12.8. The molecule has 1 aromatic heterocycles. The van der Waals surface area contributed by atoms with Gasteiger partial charge in [-0.1, -0.05) is 23.2 Å². The van der Waals surface area contributed by atoms with E-state index < -0.39 is 0 Å². The monoisotopic (exact) mass is 386 g/mol. The number of hydrogen-bond donors (Lipinski definition) is 2. The molecule has 5 nitrogen and oxygen atoms in total. The fourth-order valence-corrected chi connectivity index (χ4v) is 2.97. The number of rotatable bonds is 3. The number of carbonyl (C=O) groups is 1. The van der Waals surface area contributed by atoms with E-state index in [0.29, 0.717) is 21.4 Å². The van der Waals surface area contributed by atoms with E-state index in [1.165, 1.54) is 0 Å². The number of pyridine rings is 1. The van der Waals surface area contributed by atoms with E-state index in [2.05, 4.69) is 20.5 Å². The standard InChI is InChI=1S/C16H16Cl2N4O.ClH/c17-12-7-11(8-13(18)9-12)16(23)21-15-2-1-14(10-20-15)22-5-3-19-4-6-22;/h1-2,7-10,19H,3-6H2,(H,20,21,23);1H. The number of amides is 1. The van der Waals surface area contributed by atoms with Crippen molar-refractivity contribution in [3.8, 4) is 0 Å². The third-order valence-electron chi connectivity index (χ3n) is 3.60. The molecule has 0 aliphatic carbocycles. The van der Waals surface area contributed by atoms with Crippen molar-refractivity contribution in [1.82, 2.24) is 10.3 Å². The van der Waals surface area contributed by atoms with E-state index in [9.17, 15) is 4.79 Å². The van der Waals surface area contributed by atoms with E-state index >= 15 is 0 Å². The summed E-state index contributed by atoms with van der Waals surface area (Å²) in [4.78, 5) is 18.8. The Balaban J connectivity index is 0.00000208. The molecule has 2 heterocycles. The number of anilines is 2. The maximum absolute atomic E-state index is 12.2. The maximum atomic E-state index is 12.2. The highest BCUT2D eigenvalue weighted by molar-refractivity contribution is 6.35. The van der Waals surface area contributed by atoms with Crippen LogP contribution >= 0.6 is 35.6 Å². The quantitative estimate of drug-likeness (QED) is 0.846. The first-order chi connectivity index (χ1) is 11.1. The van der Waals surface area contributed by atoms with Crippen LogP contribution in [0.3, 0.4) is 0 Å².